The molecular formula is C28H34FN7O4. The van der Waals surface area contributed by atoms with Crippen LogP contribution in [0, 0.1) is 17.7 Å². The van der Waals surface area contributed by atoms with Crippen LogP contribution in [0.1, 0.15) is 68.7 Å². The normalized spacial score (nSPS) is 20.9. The number of rotatable bonds is 7. The monoisotopic (exact) mass is 551 g/mol. The van der Waals surface area contributed by atoms with E-state index in [2.05, 4.69) is 20.3 Å². The summed E-state index contributed by atoms with van der Waals surface area (Å²) in [6.45, 7) is 9.85. The summed E-state index contributed by atoms with van der Waals surface area (Å²) in [6, 6.07) is 2.79. The Morgan fingerprint density at radius 2 is 2.12 bits per heavy atom. The Hall–Kier alpha value is -4.22. The number of aromatic nitrogens is 4. The first kappa shape index (κ1) is 27.4. The topological polar surface area (TPSA) is 137 Å². The standard InChI is InChI=1S/C28H34FN7O4/c1-6-39-26(37)22-24(30)34-36-10-9-21(33-25(22)36)35-14-16-11-18(16)23(35)19-12-17(29)13-31-20(19)8-7-15(2)32-27(38)40-28(3,4)5/h7-10,12-13,15-16,18,23H,6,11,14H2,1-5H3,(H2,30,34)(H,32,38)/b8-7+/t15-,16?,18?,23?/m1/s1. The largest absolute Gasteiger partial charge is 0.462 e. The van der Waals surface area contributed by atoms with E-state index in [-0.39, 0.29) is 30.1 Å². The SMILES string of the molecule is CCOC(=O)c1c(N)nn2ccc(N3CC4CC4C3c3cc(F)cnc3/C=C/[C@@H](C)NC(=O)OC(C)(C)C)nc12. The van der Waals surface area contributed by atoms with E-state index in [1.54, 1.807) is 52.1 Å². The molecular weight excluding hydrogens is 517 g/mol. The number of anilines is 2. The van der Waals surface area contributed by atoms with Gasteiger partial charge in [-0.1, -0.05) is 6.08 Å². The molecule has 0 bridgehead atoms. The molecule has 40 heavy (non-hydrogen) atoms. The molecule has 3 unspecified atom stereocenters. The zero-order chi connectivity index (χ0) is 28.8. The molecule has 0 aromatic carbocycles. The van der Waals surface area contributed by atoms with Crippen LogP contribution in [0.5, 0.6) is 0 Å². The van der Waals surface area contributed by atoms with E-state index < -0.39 is 23.5 Å². The molecule has 12 heteroatoms. The van der Waals surface area contributed by atoms with Gasteiger partial charge < -0.3 is 25.4 Å². The van der Waals surface area contributed by atoms with Gasteiger partial charge in [0.15, 0.2) is 11.5 Å². The number of nitrogens with zero attached hydrogens (tertiary/aromatic N) is 5. The molecule has 1 amide bonds. The molecule has 5 rings (SSSR count). The summed E-state index contributed by atoms with van der Waals surface area (Å²) >= 11 is 0. The number of ether oxygens (including phenoxy) is 2. The smallest absolute Gasteiger partial charge is 0.408 e. The molecule has 4 atom stereocenters. The number of carbonyl (C=O) groups is 2. The molecule has 3 aromatic rings. The summed E-state index contributed by atoms with van der Waals surface area (Å²) in [5.41, 5.74) is 7.15. The Kier molecular flexibility index (Phi) is 7.11. The molecule has 3 aromatic heterocycles. The molecule has 212 valence electrons. The average Bonchev–Trinajstić information content (AvgIpc) is 3.39. The van der Waals surface area contributed by atoms with Crippen molar-refractivity contribution < 1.29 is 23.5 Å². The number of nitrogens with two attached hydrogens (primary N) is 1. The second-order valence-corrected chi connectivity index (χ2v) is 11.2. The summed E-state index contributed by atoms with van der Waals surface area (Å²) in [4.78, 5) is 36.0. The van der Waals surface area contributed by atoms with E-state index in [9.17, 15) is 14.0 Å². The molecule has 1 saturated carbocycles. The fraction of sp³-hybridized carbons (Fsp3) is 0.464. The van der Waals surface area contributed by atoms with E-state index >= 15 is 0 Å². The predicted octanol–water partition coefficient (Wildman–Crippen LogP) is 4.15. The lowest BCUT2D eigenvalue weighted by Crippen LogP contribution is -2.36. The Morgan fingerprint density at radius 1 is 1.35 bits per heavy atom. The lowest BCUT2D eigenvalue weighted by atomic mass is 9.99. The maximum absolute atomic E-state index is 14.6. The van der Waals surface area contributed by atoms with Crippen molar-refractivity contribution in [2.24, 2.45) is 11.8 Å². The van der Waals surface area contributed by atoms with Crippen LogP contribution in [-0.2, 0) is 9.47 Å². The van der Waals surface area contributed by atoms with Gasteiger partial charge in [-0.3, -0.25) is 4.98 Å². The van der Waals surface area contributed by atoms with Gasteiger partial charge >= 0.3 is 12.1 Å². The van der Waals surface area contributed by atoms with Gasteiger partial charge in [0.25, 0.3) is 0 Å². The number of nitrogens with one attached hydrogen (secondary N) is 1. The van der Waals surface area contributed by atoms with Crippen LogP contribution in [0.2, 0.25) is 0 Å². The third-order valence-corrected chi connectivity index (χ3v) is 6.94. The number of alkyl carbamates (subject to hydrolysis) is 1. The molecule has 11 nitrogen and oxygen atoms in total. The number of carbonyl (C=O) groups excluding carboxylic acids is 2. The summed E-state index contributed by atoms with van der Waals surface area (Å²) in [5.74, 6) is 0.388. The molecule has 1 aliphatic heterocycles. The van der Waals surface area contributed by atoms with Crippen LogP contribution in [0.15, 0.2) is 30.6 Å². The lowest BCUT2D eigenvalue weighted by Gasteiger charge is -2.30. The second-order valence-electron chi connectivity index (χ2n) is 11.2. The Balaban J connectivity index is 1.45. The Morgan fingerprint density at radius 3 is 2.85 bits per heavy atom. The van der Waals surface area contributed by atoms with E-state index in [1.807, 2.05) is 6.92 Å². The van der Waals surface area contributed by atoms with E-state index in [0.717, 1.165) is 18.5 Å². The van der Waals surface area contributed by atoms with Crippen LogP contribution >= 0.6 is 0 Å². The number of piperidine rings is 1. The summed E-state index contributed by atoms with van der Waals surface area (Å²) in [7, 11) is 0. The minimum atomic E-state index is -0.608. The number of esters is 1. The molecule has 2 fully saturated rings. The first-order chi connectivity index (χ1) is 18.9. The van der Waals surface area contributed by atoms with Crippen molar-refractivity contribution in [3.63, 3.8) is 0 Å². The van der Waals surface area contributed by atoms with Crippen LogP contribution < -0.4 is 16.0 Å². The van der Waals surface area contributed by atoms with E-state index in [1.165, 1.54) is 16.8 Å². The van der Waals surface area contributed by atoms with Crippen molar-refractivity contribution in [3.8, 4) is 0 Å². The molecule has 3 N–H and O–H groups in total. The summed E-state index contributed by atoms with van der Waals surface area (Å²) < 4.78 is 26.5. The fourth-order valence-corrected chi connectivity index (χ4v) is 5.21. The van der Waals surface area contributed by atoms with Crippen LogP contribution in [-0.4, -0.2) is 56.4 Å². The maximum Gasteiger partial charge on any atom is 0.408 e. The number of hydrogen-bond donors (Lipinski definition) is 2. The Bertz CT molecular complexity index is 1480. The first-order valence-corrected chi connectivity index (χ1v) is 13.4. The van der Waals surface area contributed by atoms with Gasteiger partial charge in [0.05, 0.1) is 24.5 Å². The minimum Gasteiger partial charge on any atom is -0.462 e. The molecule has 1 aliphatic carbocycles. The number of hydrogen-bond acceptors (Lipinski definition) is 9. The maximum atomic E-state index is 14.6. The number of pyridine rings is 1. The van der Waals surface area contributed by atoms with E-state index in [0.29, 0.717) is 29.0 Å². The number of fused-ring (bicyclic) bond motifs is 2. The van der Waals surface area contributed by atoms with Gasteiger partial charge in [0.2, 0.25) is 0 Å². The molecule has 0 spiro atoms. The van der Waals surface area contributed by atoms with Crippen molar-refractivity contribution in [3.05, 3.63) is 53.2 Å². The summed E-state index contributed by atoms with van der Waals surface area (Å²) in [6.07, 6.45) is 6.97. The predicted molar refractivity (Wildman–Crippen MR) is 147 cm³/mol. The van der Waals surface area contributed by atoms with Gasteiger partial charge in [-0.25, -0.2) is 23.5 Å². The molecule has 1 saturated heterocycles. The second kappa shape index (κ2) is 10.4. The minimum absolute atomic E-state index is 0.0415. The van der Waals surface area contributed by atoms with E-state index in [4.69, 9.17) is 20.2 Å². The van der Waals surface area contributed by atoms with Gasteiger partial charge in [-0.05, 0) is 71.1 Å². The van der Waals surface area contributed by atoms with Crippen LogP contribution in [0.4, 0.5) is 20.8 Å². The van der Waals surface area contributed by atoms with Crippen molar-refractivity contribution >= 4 is 35.4 Å². The first-order valence-electron chi connectivity index (χ1n) is 13.4. The van der Waals surface area contributed by atoms with Crippen molar-refractivity contribution in [2.45, 2.75) is 58.7 Å². The zero-order valence-corrected chi connectivity index (χ0v) is 23.2. The molecule has 2 aliphatic rings. The van der Waals surface area contributed by atoms with Crippen molar-refractivity contribution in [1.29, 1.82) is 0 Å². The fourth-order valence-electron chi connectivity index (χ4n) is 5.21. The van der Waals surface area contributed by atoms with Crippen LogP contribution in [0.3, 0.4) is 0 Å². The number of halogens is 1. The number of nitrogen functional groups attached to an aromatic ring is 1. The van der Waals surface area contributed by atoms with Crippen LogP contribution in [0.25, 0.3) is 11.7 Å². The highest BCUT2D eigenvalue weighted by Crippen LogP contribution is 2.57. The summed E-state index contributed by atoms with van der Waals surface area (Å²) in [5, 5.41) is 6.97. The highest BCUT2D eigenvalue weighted by molar-refractivity contribution is 6.00. The highest BCUT2D eigenvalue weighted by Gasteiger charge is 2.54. The third kappa shape index (κ3) is 5.56. The molecule has 4 heterocycles. The van der Waals surface area contributed by atoms with Gasteiger partial charge in [0.1, 0.15) is 22.8 Å². The zero-order valence-electron chi connectivity index (χ0n) is 23.2. The van der Waals surface area contributed by atoms with Gasteiger partial charge in [-0.2, -0.15) is 0 Å². The quantitative estimate of drug-likeness (QED) is 0.415. The molecule has 0 radical (unpaired) electrons. The Labute approximate surface area is 231 Å². The van der Waals surface area contributed by atoms with Gasteiger partial charge in [0, 0.05) is 24.3 Å². The number of amides is 1. The highest BCUT2D eigenvalue weighted by atomic mass is 19.1. The third-order valence-electron chi connectivity index (χ3n) is 6.94. The van der Waals surface area contributed by atoms with Crippen molar-refractivity contribution in [2.75, 3.05) is 23.8 Å². The average molecular weight is 552 g/mol. The van der Waals surface area contributed by atoms with Gasteiger partial charge in [-0.15, -0.1) is 5.10 Å². The lowest BCUT2D eigenvalue weighted by molar-refractivity contribution is 0.0511. The van der Waals surface area contributed by atoms with Crippen molar-refractivity contribution in [1.82, 2.24) is 24.9 Å².